The van der Waals surface area contributed by atoms with Gasteiger partial charge in [-0.25, -0.2) is 13.4 Å². The van der Waals surface area contributed by atoms with Gasteiger partial charge in [-0.2, -0.15) is 4.31 Å². The van der Waals surface area contributed by atoms with Gasteiger partial charge in [-0.1, -0.05) is 11.6 Å². The van der Waals surface area contributed by atoms with E-state index in [1.54, 1.807) is 34.9 Å². The van der Waals surface area contributed by atoms with Crippen LogP contribution in [0.4, 0.5) is 0 Å². The lowest BCUT2D eigenvalue weighted by Gasteiger charge is -2.32. The number of methoxy groups -OCH3 is 2. The van der Waals surface area contributed by atoms with Crippen LogP contribution in [0.5, 0.6) is 11.5 Å². The zero-order chi connectivity index (χ0) is 22.2. The van der Waals surface area contributed by atoms with Gasteiger partial charge in [-0.15, -0.1) is 0 Å². The van der Waals surface area contributed by atoms with Crippen molar-refractivity contribution in [2.45, 2.75) is 23.8 Å². The maximum atomic E-state index is 13.2. The number of nitrogens with zero attached hydrogens (tertiary/aromatic N) is 3. The van der Waals surface area contributed by atoms with E-state index in [4.69, 9.17) is 21.1 Å². The van der Waals surface area contributed by atoms with E-state index in [2.05, 4.69) is 4.98 Å². The summed E-state index contributed by atoms with van der Waals surface area (Å²) >= 11 is 5.98. The Kier molecular flexibility index (Phi) is 5.92. The van der Waals surface area contributed by atoms with Crippen LogP contribution in [-0.4, -0.2) is 49.6 Å². The number of fused-ring (bicyclic) bond motifs is 1. The van der Waals surface area contributed by atoms with Gasteiger partial charge in [0.25, 0.3) is 5.56 Å². The second-order valence-electron chi connectivity index (χ2n) is 7.27. The first-order valence-electron chi connectivity index (χ1n) is 9.73. The lowest BCUT2D eigenvalue weighted by atomic mass is 10.1. The molecule has 164 valence electrons. The summed E-state index contributed by atoms with van der Waals surface area (Å²) in [4.78, 5) is 17.3. The van der Waals surface area contributed by atoms with E-state index in [-0.39, 0.29) is 35.3 Å². The number of hydrogen-bond acceptors (Lipinski definition) is 6. The molecule has 1 saturated heterocycles. The van der Waals surface area contributed by atoms with E-state index in [0.29, 0.717) is 34.5 Å². The van der Waals surface area contributed by atoms with Crippen LogP contribution in [0.2, 0.25) is 5.02 Å². The summed E-state index contributed by atoms with van der Waals surface area (Å²) in [7, 11) is -0.873. The molecule has 8 nitrogen and oxygen atoms in total. The third-order valence-corrected chi connectivity index (χ3v) is 7.71. The Balaban J connectivity index is 1.58. The summed E-state index contributed by atoms with van der Waals surface area (Å²) in [6.45, 7) is 0.552. The quantitative estimate of drug-likeness (QED) is 0.577. The molecule has 0 N–H and O–H groups in total. The number of aromatic nitrogens is 2. The van der Waals surface area contributed by atoms with Crippen molar-refractivity contribution in [2.75, 3.05) is 27.3 Å². The maximum Gasteiger partial charge on any atom is 0.261 e. The van der Waals surface area contributed by atoms with Gasteiger partial charge in [-0.05, 0) is 43.2 Å². The summed E-state index contributed by atoms with van der Waals surface area (Å²) in [5.41, 5.74) is 0.385. The van der Waals surface area contributed by atoms with Gasteiger partial charge in [0.2, 0.25) is 10.0 Å². The molecular weight excluding hydrogens is 442 g/mol. The molecule has 0 atom stereocenters. The molecule has 0 aliphatic carbocycles. The molecule has 1 aromatic heterocycles. The van der Waals surface area contributed by atoms with Crippen molar-refractivity contribution < 1.29 is 17.9 Å². The van der Waals surface area contributed by atoms with E-state index >= 15 is 0 Å². The molecule has 1 fully saturated rings. The van der Waals surface area contributed by atoms with Crippen LogP contribution < -0.4 is 15.0 Å². The number of ether oxygens (including phenoxy) is 2. The Hall–Kier alpha value is -2.62. The number of halogens is 1. The van der Waals surface area contributed by atoms with Crippen molar-refractivity contribution in [3.8, 4) is 11.5 Å². The molecule has 1 aliphatic heterocycles. The first-order valence-corrected chi connectivity index (χ1v) is 11.6. The predicted octanol–water partition coefficient (Wildman–Crippen LogP) is 3.09. The lowest BCUT2D eigenvalue weighted by Crippen LogP contribution is -2.41. The van der Waals surface area contributed by atoms with Gasteiger partial charge in [0.15, 0.2) is 0 Å². The standard InChI is InChI=1S/C21H22ClN3O5S/c1-29-16-4-6-19(30-2)20(12-16)31(27,28)24-9-7-15(8-10-24)25-13-23-18-11-14(22)3-5-17(18)21(25)26/h3-6,11-13,15H,7-10H2,1-2H3. The van der Waals surface area contributed by atoms with Crippen LogP contribution in [-0.2, 0) is 10.0 Å². The van der Waals surface area contributed by atoms with Gasteiger partial charge in [-0.3, -0.25) is 9.36 Å². The molecule has 1 aliphatic rings. The van der Waals surface area contributed by atoms with Crippen molar-refractivity contribution in [1.29, 1.82) is 0 Å². The van der Waals surface area contributed by atoms with Crippen LogP contribution in [0.15, 0.2) is 52.4 Å². The molecule has 0 bridgehead atoms. The summed E-state index contributed by atoms with van der Waals surface area (Å²) in [5.74, 6) is 0.694. The van der Waals surface area contributed by atoms with Crippen LogP contribution in [0.3, 0.4) is 0 Å². The monoisotopic (exact) mass is 463 g/mol. The first-order chi connectivity index (χ1) is 14.8. The van der Waals surface area contributed by atoms with Crippen molar-refractivity contribution in [3.05, 3.63) is 58.1 Å². The largest absolute Gasteiger partial charge is 0.497 e. The van der Waals surface area contributed by atoms with E-state index in [1.807, 2.05) is 0 Å². The number of rotatable bonds is 5. The Labute approximate surface area is 185 Å². The predicted molar refractivity (Wildman–Crippen MR) is 118 cm³/mol. The van der Waals surface area contributed by atoms with Crippen LogP contribution in [0, 0.1) is 0 Å². The fraction of sp³-hybridized carbons (Fsp3) is 0.333. The molecule has 0 unspecified atom stereocenters. The normalized spacial score (nSPS) is 15.8. The second-order valence-corrected chi connectivity index (χ2v) is 9.61. The summed E-state index contributed by atoms with van der Waals surface area (Å²) in [5, 5.41) is 1.01. The summed E-state index contributed by atoms with van der Waals surface area (Å²) < 4.78 is 39.9. The maximum absolute atomic E-state index is 13.2. The Bertz CT molecular complexity index is 1280. The molecular formula is C21H22ClN3O5S. The third kappa shape index (κ3) is 4.00. The molecule has 3 aromatic rings. The average molecular weight is 464 g/mol. The molecule has 31 heavy (non-hydrogen) atoms. The van der Waals surface area contributed by atoms with Crippen molar-refractivity contribution in [3.63, 3.8) is 0 Å². The van der Waals surface area contributed by atoms with Crippen LogP contribution >= 0.6 is 11.6 Å². The third-order valence-electron chi connectivity index (χ3n) is 5.55. The molecule has 0 spiro atoms. The minimum Gasteiger partial charge on any atom is -0.497 e. The summed E-state index contributed by atoms with van der Waals surface area (Å²) in [6, 6.07) is 9.52. The zero-order valence-electron chi connectivity index (χ0n) is 17.1. The van der Waals surface area contributed by atoms with Crippen LogP contribution in [0.1, 0.15) is 18.9 Å². The molecule has 2 aromatic carbocycles. The highest BCUT2D eigenvalue weighted by Gasteiger charge is 2.32. The number of hydrogen-bond donors (Lipinski definition) is 0. The van der Waals surface area contributed by atoms with E-state index < -0.39 is 10.0 Å². The Morgan fingerprint density at radius 1 is 1.06 bits per heavy atom. The van der Waals surface area contributed by atoms with E-state index in [9.17, 15) is 13.2 Å². The minimum absolute atomic E-state index is 0.0641. The van der Waals surface area contributed by atoms with Gasteiger partial charge >= 0.3 is 0 Å². The number of benzene rings is 2. The topological polar surface area (TPSA) is 90.7 Å². The minimum atomic E-state index is -3.78. The highest BCUT2D eigenvalue weighted by Crippen LogP contribution is 2.33. The highest BCUT2D eigenvalue weighted by atomic mass is 35.5. The summed E-state index contributed by atoms with van der Waals surface area (Å²) in [6.07, 6.45) is 2.50. The Morgan fingerprint density at radius 2 is 1.81 bits per heavy atom. The molecule has 2 heterocycles. The molecule has 4 rings (SSSR count). The van der Waals surface area contributed by atoms with Gasteiger partial charge in [0, 0.05) is 30.2 Å². The van der Waals surface area contributed by atoms with Crippen molar-refractivity contribution in [1.82, 2.24) is 13.9 Å². The molecule has 0 radical (unpaired) electrons. The lowest BCUT2D eigenvalue weighted by molar-refractivity contribution is 0.268. The van der Waals surface area contributed by atoms with Crippen LogP contribution in [0.25, 0.3) is 10.9 Å². The SMILES string of the molecule is COc1ccc(OC)c(S(=O)(=O)N2CCC(n3cnc4cc(Cl)ccc4c3=O)CC2)c1. The van der Waals surface area contributed by atoms with Crippen molar-refractivity contribution >= 4 is 32.5 Å². The first kappa shape index (κ1) is 21.6. The molecule has 0 amide bonds. The fourth-order valence-corrected chi connectivity index (χ4v) is 5.66. The van der Waals surface area contributed by atoms with E-state index in [0.717, 1.165) is 0 Å². The van der Waals surface area contributed by atoms with Gasteiger partial charge < -0.3 is 9.47 Å². The molecule has 0 saturated carbocycles. The number of piperidine rings is 1. The number of sulfonamides is 1. The van der Waals surface area contributed by atoms with Gasteiger partial charge in [0.1, 0.15) is 16.4 Å². The fourth-order valence-electron chi connectivity index (χ4n) is 3.85. The highest BCUT2D eigenvalue weighted by molar-refractivity contribution is 7.89. The smallest absolute Gasteiger partial charge is 0.261 e. The second kappa shape index (κ2) is 8.49. The van der Waals surface area contributed by atoms with Crippen molar-refractivity contribution in [2.24, 2.45) is 0 Å². The van der Waals surface area contributed by atoms with Gasteiger partial charge in [0.05, 0.1) is 31.4 Å². The molecule has 10 heteroatoms. The van der Waals surface area contributed by atoms with E-state index in [1.165, 1.54) is 30.9 Å². The average Bonchev–Trinajstić information content (AvgIpc) is 2.79. The Morgan fingerprint density at radius 3 is 2.48 bits per heavy atom. The zero-order valence-corrected chi connectivity index (χ0v) is 18.7.